The van der Waals surface area contributed by atoms with Crippen molar-refractivity contribution in [2.75, 3.05) is 23.9 Å². The fourth-order valence-electron chi connectivity index (χ4n) is 4.22. The molecule has 0 spiro atoms. The van der Waals surface area contributed by atoms with Gasteiger partial charge in [-0.15, -0.1) is 0 Å². The van der Waals surface area contributed by atoms with Crippen molar-refractivity contribution in [2.45, 2.75) is 20.0 Å². The first kappa shape index (κ1) is 20.4. The number of nitrogens with one attached hydrogen (secondary N) is 1. The number of rotatable bonds is 4. The van der Waals surface area contributed by atoms with Gasteiger partial charge in [0.1, 0.15) is 11.6 Å². The molecular weight excluding hydrogens is 424 g/mol. The van der Waals surface area contributed by atoms with Crippen LogP contribution in [0.3, 0.4) is 0 Å². The zero-order valence-corrected chi connectivity index (χ0v) is 18.7. The molecule has 1 N–H and O–H groups in total. The van der Waals surface area contributed by atoms with Crippen LogP contribution in [0.5, 0.6) is 5.75 Å². The maximum Gasteiger partial charge on any atom is 0.259 e. The van der Waals surface area contributed by atoms with E-state index in [4.69, 9.17) is 21.3 Å². The molecule has 5 rings (SSSR count). The number of anilines is 2. The fourth-order valence-corrected chi connectivity index (χ4v) is 4.39. The molecule has 32 heavy (non-hydrogen) atoms. The quantitative estimate of drug-likeness (QED) is 0.463. The van der Waals surface area contributed by atoms with Gasteiger partial charge in [0.05, 0.1) is 30.3 Å². The van der Waals surface area contributed by atoms with E-state index in [1.165, 1.54) is 0 Å². The van der Waals surface area contributed by atoms with Gasteiger partial charge in [-0.2, -0.15) is 0 Å². The maximum absolute atomic E-state index is 12.8. The van der Waals surface area contributed by atoms with E-state index in [0.717, 1.165) is 53.4 Å². The van der Waals surface area contributed by atoms with Crippen LogP contribution in [0.1, 0.15) is 21.7 Å². The third-order valence-corrected chi connectivity index (χ3v) is 6.13. The highest BCUT2D eigenvalue weighted by Gasteiger charge is 2.21. The minimum absolute atomic E-state index is 0.191. The highest BCUT2D eigenvalue weighted by Crippen LogP contribution is 2.29. The standard InChI is InChI=1S/C25H23ClN4O2/c1-16-13-18(8-9-20(16)28-25(31)19-5-3-4-6-23(19)32-2)29-11-12-30-22-10-7-17(26)14-21(22)27-24(30)15-29/h3-10,13-14H,11-12,15H2,1-2H3,(H,28,31). The summed E-state index contributed by atoms with van der Waals surface area (Å²) < 4.78 is 7.57. The smallest absolute Gasteiger partial charge is 0.259 e. The summed E-state index contributed by atoms with van der Waals surface area (Å²) in [6.07, 6.45) is 0. The zero-order chi connectivity index (χ0) is 22.2. The number of imidazole rings is 1. The van der Waals surface area contributed by atoms with Gasteiger partial charge in [-0.1, -0.05) is 23.7 Å². The summed E-state index contributed by atoms with van der Waals surface area (Å²) in [6.45, 7) is 4.47. The van der Waals surface area contributed by atoms with Crippen molar-refractivity contribution in [3.8, 4) is 5.75 Å². The summed E-state index contributed by atoms with van der Waals surface area (Å²) in [5.41, 5.74) is 5.44. The third kappa shape index (κ3) is 3.67. The number of methoxy groups -OCH3 is 1. The molecule has 2 heterocycles. The number of para-hydroxylation sites is 1. The number of hydrogen-bond donors (Lipinski definition) is 1. The summed E-state index contributed by atoms with van der Waals surface area (Å²) in [4.78, 5) is 19.9. The summed E-state index contributed by atoms with van der Waals surface area (Å²) in [6, 6.07) is 19.2. The van der Waals surface area contributed by atoms with Crippen LogP contribution in [0.15, 0.2) is 60.7 Å². The van der Waals surface area contributed by atoms with E-state index in [9.17, 15) is 4.79 Å². The lowest BCUT2D eigenvalue weighted by atomic mass is 10.1. The van der Waals surface area contributed by atoms with Crippen LogP contribution in [-0.4, -0.2) is 29.1 Å². The molecule has 0 aliphatic carbocycles. The summed E-state index contributed by atoms with van der Waals surface area (Å²) in [7, 11) is 1.56. The van der Waals surface area contributed by atoms with Crippen molar-refractivity contribution in [3.05, 3.63) is 82.6 Å². The molecule has 0 radical (unpaired) electrons. The molecule has 4 aromatic rings. The molecule has 0 bridgehead atoms. The topological polar surface area (TPSA) is 59.4 Å². The third-order valence-electron chi connectivity index (χ3n) is 5.89. The number of ether oxygens (including phenoxy) is 1. The number of fused-ring (bicyclic) bond motifs is 3. The molecule has 1 aliphatic rings. The van der Waals surface area contributed by atoms with Crippen LogP contribution < -0.4 is 15.0 Å². The maximum atomic E-state index is 12.8. The molecule has 0 unspecified atom stereocenters. The van der Waals surface area contributed by atoms with E-state index in [-0.39, 0.29) is 5.91 Å². The van der Waals surface area contributed by atoms with Gasteiger partial charge in [0, 0.05) is 29.5 Å². The Morgan fingerprint density at radius 1 is 1.09 bits per heavy atom. The van der Waals surface area contributed by atoms with Gasteiger partial charge in [0.25, 0.3) is 5.91 Å². The largest absolute Gasteiger partial charge is 0.496 e. The Bertz CT molecular complexity index is 1330. The minimum atomic E-state index is -0.191. The number of carbonyl (C=O) groups is 1. The average molecular weight is 447 g/mol. The van der Waals surface area contributed by atoms with Crippen molar-refractivity contribution >= 4 is 39.9 Å². The van der Waals surface area contributed by atoms with Crippen molar-refractivity contribution in [1.29, 1.82) is 0 Å². The monoisotopic (exact) mass is 446 g/mol. The van der Waals surface area contributed by atoms with Crippen LogP contribution >= 0.6 is 11.6 Å². The molecule has 7 heteroatoms. The number of benzene rings is 3. The first-order valence-corrected chi connectivity index (χ1v) is 10.9. The van der Waals surface area contributed by atoms with E-state index >= 15 is 0 Å². The van der Waals surface area contributed by atoms with Crippen LogP contribution in [0, 0.1) is 6.92 Å². The Kier molecular flexibility index (Phi) is 5.23. The van der Waals surface area contributed by atoms with Crippen LogP contribution in [0.4, 0.5) is 11.4 Å². The number of aryl methyl sites for hydroxylation is 1. The molecule has 0 saturated carbocycles. The first-order chi connectivity index (χ1) is 15.5. The van der Waals surface area contributed by atoms with Crippen molar-refractivity contribution in [2.24, 2.45) is 0 Å². The molecule has 1 amide bonds. The molecule has 1 aromatic heterocycles. The summed E-state index contributed by atoms with van der Waals surface area (Å²) in [5, 5.41) is 3.70. The van der Waals surface area contributed by atoms with Gasteiger partial charge in [-0.25, -0.2) is 4.98 Å². The highest BCUT2D eigenvalue weighted by molar-refractivity contribution is 6.31. The average Bonchev–Trinajstić information content (AvgIpc) is 3.16. The zero-order valence-electron chi connectivity index (χ0n) is 17.9. The van der Waals surface area contributed by atoms with Crippen molar-refractivity contribution < 1.29 is 9.53 Å². The molecule has 0 saturated heterocycles. The number of nitrogens with zero attached hydrogens (tertiary/aromatic N) is 3. The van der Waals surface area contributed by atoms with E-state index in [1.54, 1.807) is 19.2 Å². The summed E-state index contributed by atoms with van der Waals surface area (Å²) >= 11 is 6.13. The Morgan fingerprint density at radius 3 is 2.75 bits per heavy atom. The number of amides is 1. The van der Waals surface area contributed by atoms with Gasteiger partial charge in [-0.05, 0) is 61.0 Å². The van der Waals surface area contributed by atoms with Crippen molar-refractivity contribution in [3.63, 3.8) is 0 Å². The Morgan fingerprint density at radius 2 is 1.94 bits per heavy atom. The second kappa shape index (κ2) is 8.20. The molecule has 0 atom stereocenters. The lowest BCUT2D eigenvalue weighted by molar-refractivity contribution is 0.102. The van der Waals surface area contributed by atoms with E-state index < -0.39 is 0 Å². The SMILES string of the molecule is COc1ccccc1C(=O)Nc1ccc(N2CCn3c(nc4cc(Cl)ccc43)C2)cc1C. The number of aromatic nitrogens is 2. The Labute approximate surface area is 191 Å². The predicted octanol–water partition coefficient (Wildman–Crippen LogP) is 5.28. The van der Waals surface area contributed by atoms with Crippen LogP contribution in [-0.2, 0) is 13.1 Å². The molecule has 162 valence electrons. The molecule has 1 aliphatic heterocycles. The normalized spacial score (nSPS) is 13.2. The van der Waals surface area contributed by atoms with Gasteiger partial charge in [-0.3, -0.25) is 4.79 Å². The van der Waals surface area contributed by atoms with Crippen LogP contribution in [0.2, 0.25) is 5.02 Å². The van der Waals surface area contributed by atoms with E-state index in [2.05, 4.69) is 20.9 Å². The first-order valence-electron chi connectivity index (χ1n) is 10.5. The van der Waals surface area contributed by atoms with Gasteiger partial charge >= 0.3 is 0 Å². The van der Waals surface area contributed by atoms with Crippen LogP contribution in [0.25, 0.3) is 11.0 Å². The second-order valence-electron chi connectivity index (χ2n) is 7.89. The number of halogens is 1. The lowest BCUT2D eigenvalue weighted by Gasteiger charge is -2.30. The predicted molar refractivity (Wildman–Crippen MR) is 128 cm³/mol. The minimum Gasteiger partial charge on any atom is -0.496 e. The number of carbonyl (C=O) groups excluding carboxylic acids is 1. The summed E-state index contributed by atoms with van der Waals surface area (Å²) in [5.74, 6) is 1.39. The second-order valence-corrected chi connectivity index (χ2v) is 8.32. The molecule has 6 nitrogen and oxygen atoms in total. The fraction of sp³-hybridized carbons (Fsp3) is 0.200. The van der Waals surface area contributed by atoms with Gasteiger partial charge < -0.3 is 19.5 Å². The van der Waals surface area contributed by atoms with Crippen molar-refractivity contribution in [1.82, 2.24) is 9.55 Å². The highest BCUT2D eigenvalue weighted by atomic mass is 35.5. The molecule has 0 fully saturated rings. The van der Waals surface area contributed by atoms with E-state index in [1.807, 2.05) is 49.4 Å². The molecule has 3 aromatic carbocycles. The Balaban J connectivity index is 1.36. The van der Waals surface area contributed by atoms with Gasteiger partial charge in [0.15, 0.2) is 0 Å². The Hall–Kier alpha value is -3.51. The molecular formula is C25H23ClN4O2. The number of hydrogen-bond acceptors (Lipinski definition) is 4. The van der Waals surface area contributed by atoms with E-state index in [0.29, 0.717) is 16.3 Å². The van der Waals surface area contributed by atoms with Gasteiger partial charge in [0.2, 0.25) is 0 Å². The lowest BCUT2D eigenvalue weighted by Crippen LogP contribution is -2.33.